The number of aliphatic hydroxyl groups is 1. The molecule has 108 valence electrons. The predicted molar refractivity (Wildman–Crippen MR) is 77.5 cm³/mol. The zero-order chi connectivity index (χ0) is 14.5. The van der Waals surface area contributed by atoms with Crippen LogP contribution in [-0.2, 0) is 6.54 Å². The van der Waals surface area contributed by atoms with Gasteiger partial charge in [0.15, 0.2) is 0 Å². The van der Waals surface area contributed by atoms with Gasteiger partial charge in [-0.25, -0.2) is 4.79 Å². The number of aryl methyl sites for hydroxylation is 1. The van der Waals surface area contributed by atoms with Gasteiger partial charge in [-0.05, 0) is 19.4 Å². The molecule has 5 heteroatoms. The smallest absolute Gasteiger partial charge is 0.315 e. The zero-order valence-corrected chi connectivity index (χ0v) is 11.8. The summed E-state index contributed by atoms with van der Waals surface area (Å²) in [5.41, 5.74) is 1.86. The van der Waals surface area contributed by atoms with Gasteiger partial charge >= 0.3 is 6.03 Å². The predicted octanol–water partition coefficient (Wildman–Crippen LogP) is 2.31. The molecule has 2 amide bonds. The number of nitrogens with one attached hydrogen (secondary N) is 2. The minimum Gasteiger partial charge on any atom is -0.459 e. The lowest BCUT2D eigenvalue weighted by Gasteiger charge is -2.14. The number of benzene rings is 1. The maximum absolute atomic E-state index is 11.7. The Morgan fingerprint density at radius 2 is 2.15 bits per heavy atom. The molecule has 0 fully saturated rings. The van der Waals surface area contributed by atoms with E-state index in [1.54, 1.807) is 0 Å². The molecule has 5 nitrogen and oxygen atoms in total. The lowest BCUT2D eigenvalue weighted by molar-refractivity contribution is 0.213. The van der Waals surface area contributed by atoms with Crippen LogP contribution in [0.3, 0.4) is 0 Å². The summed E-state index contributed by atoms with van der Waals surface area (Å²) in [6, 6.07) is 7.27. The molecule has 0 spiro atoms. The molecule has 1 aromatic carbocycles. The molecule has 1 atom stereocenters. The van der Waals surface area contributed by atoms with Gasteiger partial charge in [0.05, 0.1) is 19.2 Å². The third kappa shape index (κ3) is 3.11. The van der Waals surface area contributed by atoms with Gasteiger partial charge < -0.3 is 20.2 Å². The minimum absolute atomic E-state index is 0.0619. The molecule has 0 saturated carbocycles. The molecule has 0 bridgehead atoms. The van der Waals surface area contributed by atoms with Gasteiger partial charge in [0, 0.05) is 10.9 Å². The molecule has 0 aliphatic carbocycles. The summed E-state index contributed by atoms with van der Waals surface area (Å²) in [6.07, 6.45) is 0.688. The second kappa shape index (κ2) is 6.43. The molecule has 20 heavy (non-hydrogen) atoms. The van der Waals surface area contributed by atoms with Crippen molar-refractivity contribution in [1.29, 1.82) is 0 Å². The minimum atomic E-state index is -0.300. The molecule has 1 unspecified atom stereocenters. The standard InChI is InChI=1S/C15H20N2O3/c1-3-11(9-18)17-15(19)16-8-14-10(2)12-6-4-5-7-13(12)20-14/h4-7,11,18H,3,8-9H2,1-2H3,(H2,16,17,19). The van der Waals surface area contributed by atoms with Gasteiger partial charge in [0.25, 0.3) is 0 Å². The van der Waals surface area contributed by atoms with Gasteiger partial charge in [-0.1, -0.05) is 25.1 Å². The topological polar surface area (TPSA) is 74.5 Å². The molecule has 0 radical (unpaired) electrons. The first-order chi connectivity index (χ1) is 9.65. The van der Waals surface area contributed by atoms with Crippen LogP contribution in [0.15, 0.2) is 28.7 Å². The monoisotopic (exact) mass is 276 g/mol. The first-order valence-electron chi connectivity index (χ1n) is 6.78. The third-order valence-electron chi connectivity index (χ3n) is 3.40. The average Bonchev–Trinajstić information content (AvgIpc) is 2.79. The van der Waals surface area contributed by atoms with Crippen LogP contribution < -0.4 is 10.6 Å². The van der Waals surface area contributed by atoms with Gasteiger partial charge in [-0.2, -0.15) is 0 Å². The van der Waals surface area contributed by atoms with Crippen molar-refractivity contribution in [2.45, 2.75) is 32.9 Å². The van der Waals surface area contributed by atoms with E-state index in [-0.39, 0.29) is 18.7 Å². The lowest BCUT2D eigenvalue weighted by atomic mass is 10.1. The van der Waals surface area contributed by atoms with E-state index in [0.717, 1.165) is 22.3 Å². The summed E-state index contributed by atoms with van der Waals surface area (Å²) in [7, 11) is 0. The summed E-state index contributed by atoms with van der Waals surface area (Å²) in [5, 5.41) is 15.5. The van der Waals surface area contributed by atoms with Crippen molar-refractivity contribution in [2.24, 2.45) is 0 Å². The first-order valence-corrected chi connectivity index (χ1v) is 6.78. The van der Waals surface area contributed by atoms with E-state index in [9.17, 15) is 4.79 Å². The van der Waals surface area contributed by atoms with Crippen molar-refractivity contribution < 1.29 is 14.3 Å². The SMILES string of the molecule is CCC(CO)NC(=O)NCc1oc2ccccc2c1C. The van der Waals surface area contributed by atoms with Crippen molar-refractivity contribution in [3.63, 3.8) is 0 Å². The first kappa shape index (κ1) is 14.4. The lowest BCUT2D eigenvalue weighted by Crippen LogP contribution is -2.43. The number of fused-ring (bicyclic) bond motifs is 1. The van der Waals surface area contributed by atoms with Gasteiger partial charge in [0.2, 0.25) is 0 Å². The number of para-hydroxylation sites is 1. The number of carbonyl (C=O) groups is 1. The maximum atomic E-state index is 11.7. The Kier molecular flexibility index (Phi) is 4.63. The Balaban J connectivity index is 1.99. The number of rotatable bonds is 5. The van der Waals surface area contributed by atoms with Crippen molar-refractivity contribution in [3.8, 4) is 0 Å². The van der Waals surface area contributed by atoms with Crippen LogP contribution in [0.25, 0.3) is 11.0 Å². The second-order valence-corrected chi connectivity index (χ2v) is 4.76. The Morgan fingerprint density at radius 1 is 1.40 bits per heavy atom. The molecule has 3 N–H and O–H groups in total. The van der Waals surface area contributed by atoms with Crippen molar-refractivity contribution in [2.75, 3.05) is 6.61 Å². The molecule has 1 heterocycles. The number of hydrogen-bond acceptors (Lipinski definition) is 3. The summed E-state index contributed by atoms with van der Waals surface area (Å²) in [6.45, 7) is 4.15. The Labute approximate surface area is 118 Å². The highest BCUT2D eigenvalue weighted by atomic mass is 16.3. The second-order valence-electron chi connectivity index (χ2n) is 4.76. The van der Waals surface area contributed by atoms with E-state index in [4.69, 9.17) is 9.52 Å². The fourth-order valence-electron chi connectivity index (χ4n) is 2.07. The molecule has 0 saturated heterocycles. The molecule has 2 aromatic rings. The largest absolute Gasteiger partial charge is 0.459 e. The van der Waals surface area contributed by atoms with Crippen LogP contribution in [0.4, 0.5) is 4.79 Å². The van der Waals surface area contributed by atoms with Gasteiger partial charge in [-0.3, -0.25) is 0 Å². The van der Waals surface area contributed by atoms with Crippen LogP contribution >= 0.6 is 0 Å². The molecule has 0 aliphatic heterocycles. The number of aliphatic hydroxyl groups excluding tert-OH is 1. The van der Waals surface area contributed by atoms with E-state index < -0.39 is 0 Å². The summed E-state index contributed by atoms with van der Waals surface area (Å²) >= 11 is 0. The van der Waals surface area contributed by atoms with Gasteiger partial charge in [0.1, 0.15) is 11.3 Å². The summed E-state index contributed by atoms with van der Waals surface area (Å²) in [4.78, 5) is 11.7. The molecular weight excluding hydrogens is 256 g/mol. The maximum Gasteiger partial charge on any atom is 0.315 e. The molecular formula is C15H20N2O3. The summed E-state index contributed by atoms with van der Waals surface area (Å²) < 4.78 is 5.71. The Bertz CT molecular complexity index is 588. The van der Waals surface area contributed by atoms with E-state index in [1.807, 2.05) is 38.1 Å². The number of hydrogen-bond donors (Lipinski definition) is 3. The van der Waals surface area contributed by atoms with Crippen LogP contribution in [0.5, 0.6) is 0 Å². The molecule has 1 aromatic heterocycles. The Hall–Kier alpha value is -2.01. The normalized spacial score (nSPS) is 12.3. The quantitative estimate of drug-likeness (QED) is 0.784. The zero-order valence-electron chi connectivity index (χ0n) is 11.8. The Morgan fingerprint density at radius 3 is 2.80 bits per heavy atom. The number of amides is 2. The highest BCUT2D eigenvalue weighted by Crippen LogP contribution is 2.24. The van der Waals surface area contributed by atoms with Crippen LogP contribution in [0, 0.1) is 6.92 Å². The van der Waals surface area contributed by atoms with E-state index in [0.29, 0.717) is 13.0 Å². The third-order valence-corrected chi connectivity index (χ3v) is 3.40. The average molecular weight is 276 g/mol. The molecule has 0 aliphatic rings. The van der Waals surface area contributed by atoms with Crippen molar-refractivity contribution in [1.82, 2.24) is 10.6 Å². The highest BCUT2D eigenvalue weighted by molar-refractivity contribution is 5.82. The summed E-state index contributed by atoms with van der Waals surface area (Å²) in [5.74, 6) is 0.749. The van der Waals surface area contributed by atoms with E-state index >= 15 is 0 Å². The van der Waals surface area contributed by atoms with Gasteiger partial charge in [-0.15, -0.1) is 0 Å². The molecule has 2 rings (SSSR count). The van der Waals surface area contributed by atoms with E-state index in [2.05, 4.69) is 10.6 Å². The van der Waals surface area contributed by atoms with Crippen molar-refractivity contribution in [3.05, 3.63) is 35.6 Å². The van der Waals surface area contributed by atoms with E-state index in [1.165, 1.54) is 0 Å². The van der Waals surface area contributed by atoms with Crippen LogP contribution in [-0.4, -0.2) is 23.8 Å². The fraction of sp³-hybridized carbons (Fsp3) is 0.400. The number of urea groups is 1. The highest BCUT2D eigenvalue weighted by Gasteiger charge is 2.12. The van der Waals surface area contributed by atoms with Crippen LogP contribution in [0.1, 0.15) is 24.7 Å². The van der Waals surface area contributed by atoms with Crippen molar-refractivity contribution >= 4 is 17.0 Å². The fourth-order valence-corrected chi connectivity index (χ4v) is 2.07. The number of furan rings is 1. The number of carbonyl (C=O) groups excluding carboxylic acids is 1. The van der Waals surface area contributed by atoms with Crippen LogP contribution in [0.2, 0.25) is 0 Å².